The van der Waals surface area contributed by atoms with E-state index in [1.807, 2.05) is 0 Å². The number of ether oxygens (including phenoxy) is 1. The van der Waals surface area contributed by atoms with Crippen LogP contribution in [0.1, 0.15) is 51.2 Å². The lowest BCUT2D eigenvalue weighted by Gasteiger charge is -2.45. The van der Waals surface area contributed by atoms with E-state index in [0.717, 1.165) is 12.3 Å². The molecule has 2 heteroatoms. The fourth-order valence-electron chi connectivity index (χ4n) is 2.82. The number of hydrogen-bond donors (Lipinski definition) is 1. The molecular formula is C17H27NO. The Morgan fingerprint density at radius 3 is 2.42 bits per heavy atom. The quantitative estimate of drug-likeness (QED) is 0.890. The largest absolute Gasteiger partial charge is 0.496 e. The summed E-state index contributed by atoms with van der Waals surface area (Å²) in [6, 6.07) is 6.55. The predicted molar refractivity (Wildman–Crippen MR) is 81.0 cm³/mol. The van der Waals surface area contributed by atoms with Crippen LogP contribution in [0.2, 0.25) is 0 Å². The van der Waals surface area contributed by atoms with Gasteiger partial charge in [0.05, 0.1) is 7.11 Å². The molecule has 0 heterocycles. The summed E-state index contributed by atoms with van der Waals surface area (Å²) in [6.45, 7) is 9.88. The van der Waals surface area contributed by atoms with Gasteiger partial charge in [0.15, 0.2) is 0 Å². The number of nitrogens with one attached hydrogen (secondary N) is 1. The fraction of sp³-hybridized carbons (Fsp3) is 0.647. The minimum Gasteiger partial charge on any atom is -0.496 e. The van der Waals surface area contributed by atoms with E-state index in [4.69, 9.17) is 4.74 Å². The maximum absolute atomic E-state index is 5.59. The molecule has 19 heavy (non-hydrogen) atoms. The Morgan fingerprint density at radius 2 is 1.95 bits per heavy atom. The van der Waals surface area contributed by atoms with E-state index in [-0.39, 0.29) is 11.0 Å². The van der Waals surface area contributed by atoms with Gasteiger partial charge in [-0.2, -0.15) is 0 Å². The summed E-state index contributed by atoms with van der Waals surface area (Å²) < 4.78 is 5.59. The first-order chi connectivity index (χ1) is 8.86. The third kappa shape index (κ3) is 3.11. The number of rotatable bonds is 4. The van der Waals surface area contributed by atoms with Crippen molar-refractivity contribution in [3.63, 3.8) is 0 Å². The van der Waals surface area contributed by atoms with E-state index in [1.165, 1.54) is 30.4 Å². The Labute approximate surface area is 117 Å². The average molecular weight is 261 g/mol. The smallest absolute Gasteiger partial charge is 0.122 e. The van der Waals surface area contributed by atoms with Gasteiger partial charge in [-0.15, -0.1) is 0 Å². The summed E-state index contributed by atoms with van der Waals surface area (Å²) in [4.78, 5) is 0. The molecule has 1 aliphatic carbocycles. The van der Waals surface area contributed by atoms with Gasteiger partial charge in [-0.25, -0.2) is 0 Å². The predicted octanol–water partition coefficient (Wildman–Crippen LogP) is 3.81. The molecule has 0 unspecified atom stereocenters. The van der Waals surface area contributed by atoms with Crippen LogP contribution in [0, 0.1) is 6.92 Å². The monoisotopic (exact) mass is 261 g/mol. The van der Waals surface area contributed by atoms with Crippen LogP contribution in [-0.2, 0) is 5.41 Å². The van der Waals surface area contributed by atoms with Crippen molar-refractivity contribution in [3.8, 4) is 5.75 Å². The zero-order chi connectivity index (χ0) is 14.1. The lowest BCUT2D eigenvalue weighted by molar-refractivity contribution is 0.207. The van der Waals surface area contributed by atoms with Crippen LogP contribution in [0.25, 0.3) is 0 Å². The van der Waals surface area contributed by atoms with Crippen LogP contribution < -0.4 is 10.1 Å². The second-order valence-corrected chi connectivity index (χ2v) is 6.94. The molecule has 1 aromatic rings. The van der Waals surface area contributed by atoms with E-state index in [2.05, 4.69) is 51.2 Å². The van der Waals surface area contributed by atoms with Crippen LogP contribution in [0.15, 0.2) is 18.2 Å². The highest BCUT2D eigenvalue weighted by Crippen LogP contribution is 2.47. The van der Waals surface area contributed by atoms with E-state index in [1.54, 1.807) is 7.11 Å². The summed E-state index contributed by atoms with van der Waals surface area (Å²) in [7, 11) is 1.78. The summed E-state index contributed by atoms with van der Waals surface area (Å²) in [5.74, 6) is 1.04. The van der Waals surface area contributed by atoms with Crippen molar-refractivity contribution in [2.45, 2.75) is 57.9 Å². The molecule has 2 nitrogen and oxygen atoms in total. The second kappa shape index (κ2) is 5.16. The molecule has 0 bridgehead atoms. The lowest BCUT2D eigenvalue weighted by Crippen LogP contribution is -2.49. The van der Waals surface area contributed by atoms with Crippen molar-refractivity contribution in [3.05, 3.63) is 29.3 Å². The van der Waals surface area contributed by atoms with Crippen LogP contribution in [0.4, 0.5) is 0 Å². The molecule has 0 amide bonds. The van der Waals surface area contributed by atoms with Gasteiger partial charge in [-0.1, -0.05) is 24.1 Å². The molecule has 0 saturated heterocycles. The Bertz CT molecular complexity index is 441. The van der Waals surface area contributed by atoms with E-state index >= 15 is 0 Å². The van der Waals surface area contributed by atoms with E-state index in [0.29, 0.717) is 0 Å². The first-order valence-corrected chi connectivity index (χ1v) is 7.26. The van der Waals surface area contributed by atoms with Gasteiger partial charge in [0.1, 0.15) is 5.75 Å². The molecule has 1 aliphatic rings. The molecule has 1 fully saturated rings. The standard InChI is InChI=1S/C17H27NO/c1-13-7-8-15(19-5)14(11-13)17(9-6-10-17)12-18-16(2,3)4/h7-8,11,18H,6,9-10,12H2,1-5H3. The zero-order valence-electron chi connectivity index (χ0n) is 13.0. The summed E-state index contributed by atoms with van der Waals surface area (Å²) in [5, 5.41) is 3.68. The van der Waals surface area contributed by atoms with E-state index < -0.39 is 0 Å². The van der Waals surface area contributed by atoms with Crippen LogP contribution >= 0.6 is 0 Å². The van der Waals surface area contributed by atoms with Gasteiger partial charge < -0.3 is 10.1 Å². The molecule has 1 N–H and O–H groups in total. The van der Waals surface area contributed by atoms with Crippen molar-refractivity contribution in [1.29, 1.82) is 0 Å². The Hall–Kier alpha value is -1.02. The SMILES string of the molecule is COc1ccc(C)cc1C1(CNC(C)(C)C)CCC1. The van der Waals surface area contributed by atoms with Gasteiger partial charge in [0.25, 0.3) is 0 Å². The molecule has 106 valence electrons. The molecule has 0 radical (unpaired) electrons. The van der Waals surface area contributed by atoms with Crippen LogP contribution in [-0.4, -0.2) is 19.2 Å². The number of aryl methyl sites for hydroxylation is 1. The van der Waals surface area contributed by atoms with E-state index in [9.17, 15) is 0 Å². The van der Waals surface area contributed by atoms with Crippen molar-refractivity contribution >= 4 is 0 Å². The molecule has 0 atom stereocenters. The highest BCUT2D eigenvalue weighted by molar-refractivity contribution is 5.44. The molecule has 2 rings (SSSR count). The molecule has 0 spiro atoms. The Kier molecular flexibility index (Phi) is 3.91. The maximum atomic E-state index is 5.59. The van der Waals surface area contributed by atoms with Gasteiger partial charge in [-0.3, -0.25) is 0 Å². The lowest BCUT2D eigenvalue weighted by atomic mass is 9.63. The molecule has 0 aliphatic heterocycles. The highest BCUT2D eigenvalue weighted by Gasteiger charge is 2.41. The maximum Gasteiger partial charge on any atom is 0.122 e. The van der Waals surface area contributed by atoms with Crippen molar-refractivity contribution in [2.24, 2.45) is 0 Å². The number of methoxy groups -OCH3 is 1. The van der Waals surface area contributed by atoms with Crippen molar-refractivity contribution in [2.75, 3.05) is 13.7 Å². The highest BCUT2D eigenvalue weighted by atomic mass is 16.5. The molecular weight excluding hydrogens is 234 g/mol. The first-order valence-electron chi connectivity index (χ1n) is 7.26. The van der Waals surface area contributed by atoms with Gasteiger partial charge in [-0.05, 0) is 46.6 Å². The van der Waals surface area contributed by atoms with Gasteiger partial charge >= 0.3 is 0 Å². The van der Waals surface area contributed by atoms with Crippen molar-refractivity contribution < 1.29 is 4.74 Å². The average Bonchev–Trinajstić information content (AvgIpc) is 2.26. The molecule has 1 saturated carbocycles. The summed E-state index contributed by atoms with van der Waals surface area (Å²) in [5.41, 5.74) is 3.14. The van der Waals surface area contributed by atoms with Gasteiger partial charge in [0, 0.05) is 23.1 Å². The first kappa shape index (κ1) is 14.4. The normalized spacial score (nSPS) is 17.9. The fourth-order valence-corrected chi connectivity index (χ4v) is 2.82. The second-order valence-electron chi connectivity index (χ2n) is 6.94. The Balaban J connectivity index is 2.28. The van der Waals surface area contributed by atoms with Crippen LogP contribution in [0.5, 0.6) is 5.75 Å². The summed E-state index contributed by atoms with van der Waals surface area (Å²) >= 11 is 0. The summed E-state index contributed by atoms with van der Waals surface area (Å²) in [6.07, 6.45) is 3.84. The number of hydrogen-bond acceptors (Lipinski definition) is 2. The molecule has 1 aromatic carbocycles. The minimum absolute atomic E-state index is 0.166. The molecule has 0 aromatic heterocycles. The topological polar surface area (TPSA) is 21.3 Å². The minimum atomic E-state index is 0.166. The zero-order valence-corrected chi connectivity index (χ0v) is 13.0. The third-order valence-corrected chi connectivity index (χ3v) is 4.19. The van der Waals surface area contributed by atoms with Gasteiger partial charge in [0.2, 0.25) is 0 Å². The third-order valence-electron chi connectivity index (χ3n) is 4.19. The van der Waals surface area contributed by atoms with Crippen LogP contribution in [0.3, 0.4) is 0 Å². The number of benzene rings is 1. The van der Waals surface area contributed by atoms with Crippen molar-refractivity contribution in [1.82, 2.24) is 5.32 Å². The Morgan fingerprint density at radius 1 is 1.26 bits per heavy atom.